The Morgan fingerprint density at radius 3 is 2.55 bits per heavy atom. The van der Waals surface area contributed by atoms with Crippen molar-refractivity contribution in [3.63, 3.8) is 0 Å². The maximum Gasteiger partial charge on any atom is 0.409 e. The van der Waals surface area contributed by atoms with E-state index in [1.165, 1.54) is 30.6 Å². The number of ether oxygens (including phenoxy) is 1. The van der Waals surface area contributed by atoms with Crippen molar-refractivity contribution < 1.29 is 23.1 Å². The van der Waals surface area contributed by atoms with Crippen molar-refractivity contribution in [2.24, 2.45) is 0 Å². The van der Waals surface area contributed by atoms with E-state index in [1.54, 1.807) is 17.0 Å². The van der Waals surface area contributed by atoms with Gasteiger partial charge in [-0.1, -0.05) is 18.2 Å². The van der Waals surface area contributed by atoms with Gasteiger partial charge in [0.1, 0.15) is 5.82 Å². The summed E-state index contributed by atoms with van der Waals surface area (Å²) in [6.07, 6.45) is 0.949. The third-order valence-electron chi connectivity index (χ3n) is 5.67. The van der Waals surface area contributed by atoms with Crippen LogP contribution in [0.4, 0.5) is 9.18 Å². The van der Waals surface area contributed by atoms with E-state index < -0.39 is 5.78 Å². The van der Waals surface area contributed by atoms with E-state index in [9.17, 15) is 14.0 Å². The van der Waals surface area contributed by atoms with Gasteiger partial charge >= 0.3 is 6.09 Å². The summed E-state index contributed by atoms with van der Waals surface area (Å²) >= 11 is 1.24. The summed E-state index contributed by atoms with van der Waals surface area (Å²) in [5, 5.41) is 8.27. The van der Waals surface area contributed by atoms with E-state index in [2.05, 4.69) is 15.2 Å². The highest BCUT2D eigenvalue weighted by molar-refractivity contribution is 7.20. The van der Waals surface area contributed by atoms with Crippen LogP contribution in [0.3, 0.4) is 0 Å². The molecule has 5 rings (SSSR count). The van der Waals surface area contributed by atoms with Gasteiger partial charge in [-0.25, -0.2) is 14.2 Å². The third kappa shape index (κ3) is 4.21. The molecule has 1 fully saturated rings. The van der Waals surface area contributed by atoms with Gasteiger partial charge in [-0.3, -0.25) is 4.79 Å². The number of hydrogen-bond donors (Lipinski definition) is 0. The number of halogens is 1. The number of rotatable bonds is 4. The highest BCUT2D eigenvalue weighted by Gasteiger charge is 2.29. The molecule has 2 aromatic heterocycles. The van der Waals surface area contributed by atoms with Gasteiger partial charge in [0.2, 0.25) is 5.89 Å². The molecule has 0 aliphatic carbocycles. The smallest absolute Gasteiger partial charge is 0.409 e. The van der Waals surface area contributed by atoms with Crippen LogP contribution >= 0.6 is 11.3 Å². The first kappa shape index (κ1) is 21.2. The Morgan fingerprint density at radius 2 is 1.82 bits per heavy atom. The van der Waals surface area contributed by atoms with Crippen molar-refractivity contribution in [2.45, 2.75) is 18.8 Å². The molecule has 1 saturated heterocycles. The van der Waals surface area contributed by atoms with Gasteiger partial charge in [0.25, 0.3) is 11.7 Å². The van der Waals surface area contributed by atoms with E-state index in [1.807, 2.05) is 18.2 Å². The number of ketones is 1. The second-order valence-electron chi connectivity index (χ2n) is 7.71. The summed E-state index contributed by atoms with van der Waals surface area (Å²) in [6.45, 7) is 1.05. The predicted octanol–water partition coefficient (Wildman–Crippen LogP) is 4.66. The minimum absolute atomic E-state index is 0.0198. The minimum Gasteiger partial charge on any atom is -0.453 e. The monoisotopic (exact) mass is 466 g/mol. The first-order valence-electron chi connectivity index (χ1n) is 10.4. The van der Waals surface area contributed by atoms with E-state index in [-0.39, 0.29) is 28.7 Å². The summed E-state index contributed by atoms with van der Waals surface area (Å²) in [6, 6.07) is 11.9. The zero-order valence-electron chi connectivity index (χ0n) is 17.7. The number of carbonyl (C=O) groups excluding carboxylic acids is 2. The molecule has 0 spiro atoms. The normalized spacial score (nSPS) is 14.5. The second-order valence-corrected chi connectivity index (χ2v) is 8.74. The Kier molecular flexibility index (Phi) is 5.59. The molecule has 4 aromatic rings. The Bertz CT molecular complexity index is 1330. The Balaban J connectivity index is 1.32. The Morgan fingerprint density at radius 1 is 1.09 bits per heavy atom. The number of thiazole rings is 1. The highest BCUT2D eigenvalue weighted by atomic mass is 32.1. The number of likely N-dealkylation sites (tertiary alicyclic amines) is 1. The molecule has 0 N–H and O–H groups in total. The Labute approximate surface area is 192 Å². The van der Waals surface area contributed by atoms with Gasteiger partial charge in [0.15, 0.2) is 5.01 Å². The fourth-order valence-electron chi connectivity index (χ4n) is 3.86. The summed E-state index contributed by atoms with van der Waals surface area (Å²) in [4.78, 5) is 30.6. The molecule has 0 bridgehead atoms. The number of amides is 1. The van der Waals surface area contributed by atoms with Crippen molar-refractivity contribution in [3.05, 3.63) is 65.1 Å². The number of nitrogens with zero attached hydrogens (tertiary/aromatic N) is 4. The largest absolute Gasteiger partial charge is 0.453 e. The zero-order valence-corrected chi connectivity index (χ0v) is 18.5. The van der Waals surface area contributed by atoms with Crippen molar-refractivity contribution in [1.82, 2.24) is 20.1 Å². The van der Waals surface area contributed by atoms with Crippen LogP contribution in [0, 0.1) is 5.82 Å². The summed E-state index contributed by atoms with van der Waals surface area (Å²) in [5.74, 6) is -0.446. The second kappa shape index (κ2) is 8.70. The number of hydrogen-bond acceptors (Lipinski definition) is 8. The highest BCUT2D eigenvalue weighted by Crippen LogP contribution is 2.31. The van der Waals surface area contributed by atoms with Crippen LogP contribution in [-0.2, 0) is 4.74 Å². The van der Waals surface area contributed by atoms with Crippen molar-refractivity contribution >= 4 is 33.4 Å². The number of benzene rings is 2. The lowest BCUT2D eigenvalue weighted by Gasteiger charge is -2.29. The van der Waals surface area contributed by atoms with Gasteiger partial charge in [0, 0.05) is 19.0 Å². The van der Waals surface area contributed by atoms with Gasteiger partial charge in [-0.15, -0.1) is 21.5 Å². The number of carbonyl (C=O) groups is 2. The van der Waals surface area contributed by atoms with Crippen LogP contribution in [0.2, 0.25) is 0 Å². The topological polar surface area (TPSA) is 98.4 Å². The minimum atomic E-state index is -0.426. The van der Waals surface area contributed by atoms with Gasteiger partial charge in [-0.2, -0.15) is 0 Å². The zero-order chi connectivity index (χ0) is 22.9. The first-order chi connectivity index (χ1) is 16.0. The molecule has 0 unspecified atom stereocenters. The van der Waals surface area contributed by atoms with E-state index in [0.717, 1.165) is 15.8 Å². The molecule has 1 aliphatic heterocycles. The van der Waals surface area contributed by atoms with Gasteiger partial charge in [-0.05, 0) is 48.2 Å². The fourth-order valence-corrected chi connectivity index (χ4v) is 4.80. The van der Waals surface area contributed by atoms with Crippen LogP contribution in [0.15, 0.2) is 46.9 Å². The molecule has 3 heterocycles. The average molecular weight is 466 g/mol. The molecular weight excluding hydrogens is 447 g/mol. The standard InChI is InChI=1S/C23H19FN4O4S/c1-31-23(30)28-10-8-14(9-11-28)20-26-27-21(32-20)19(29)22-25-17-7-4-15(12-18(17)33-22)13-2-5-16(24)6-3-13/h2-7,12,14H,8-11H2,1H3. The molecule has 0 saturated carbocycles. The molecule has 2 aromatic carbocycles. The molecule has 33 heavy (non-hydrogen) atoms. The first-order valence-corrected chi connectivity index (χ1v) is 11.2. The quantitative estimate of drug-likeness (QED) is 0.403. The SMILES string of the molecule is COC(=O)N1CCC(c2nnc(C(=O)c3nc4ccc(-c5ccc(F)cc5)cc4s3)o2)CC1. The molecular formula is C23H19FN4O4S. The van der Waals surface area contributed by atoms with Crippen LogP contribution < -0.4 is 0 Å². The van der Waals surface area contributed by atoms with Crippen molar-refractivity contribution in [1.29, 1.82) is 0 Å². The predicted molar refractivity (Wildman–Crippen MR) is 119 cm³/mol. The fraction of sp³-hybridized carbons (Fsp3) is 0.261. The number of piperidine rings is 1. The van der Waals surface area contributed by atoms with Crippen LogP contribution in [0.25, 0.3) is 21.3 Å². The van der Waals surface area contributed by atoms with Crippen molar-refractivity contribution in [2.75, 3.05) is 20.2 Å². The number of fused-ring (bicyclic) bond motifs is 1. The molecule has 1 aliphatic rings. The summed E-state index contributed by atoms with van der Waals surface area (Å²) < 4.78 is 24.5. The maximum atomic E-state index is 13.2. The molecule has 10 heteroatoms. The molecule has 0 radical (unpaired) electrons. The van der Waals surface area contributed by atoms with E-state index in [0.29, 0.717) is 37.3 Å². The van der Waals surface area contributed by atoms with Crippen LogP contribution in [-0.4, -0.2) is 52.2 Å². The molecule has 8 nitrogen and oxygen atoms in total. The molecule has 168 valence electrons. The number of aromatic nitrogens is 3. The van der Waals surface area contributed by atoms with Crippen LogP contribution in [0.5, 0.6) is 0 Å². The lowest BCUT2D eigenvalue weighted by molar-refractivity contribution is 0.0997. The van der Waals surface area contributed by atoms with E-state index in [4.69, 9.17) is 9.15 Å². The van der Waals surface area contributed by atoms with Crippen molar-refractivity contribution in [3.8, 4) is 11.1 Å². The van der Waals surface area contributed by atoms with E-state index >= 15 is 0 Å². The third-order valence-corrected chi connectivity index (χ3v) is 6.69. The van der Waals surface area contributed by atoms with Gasteiger partial charge < -0.3 is 14.1 Å². The summed E-state index contributed by atoms with van der Waals surface area (Å²) in [7, 11) is 1.36. The lowest BCUT2D eigenvalue weighted by Crippen LogP contribution is -2.37. The molecule has 1 amide bonds. The number of methoxy groups -OCH3 is 1. The van der Waals surface area contributed by atoms with Gasteiger partial charge in [0.05, 0.1) is 17.3 Å². The molecule has 0 atom stereocenters. The lowest BCUT2D eigenvalue weighted by atomic mass is 9.97. The van der Waals surface area contributed by atoms with Crippen LogP contribution in [0.1, 0.15) is 40.3 Å². The summed E-state index contributed by atoms with van der Waals surface area (Å²) in [5.41, 5.74) is 2.46. The maximum absolute atomic E-state index is 13.2. The average Bonchev–Trinajstić information content (AvgIpc) is 3.51. The Hall–Kier alpha value is -3.66.